The van der Waals surface area contributed by atoms with Crippen molar-refractivity contribution in [1.82, 2.24) is 10.3 Å². The van der Waals surface area contributed by atoms with Crippen LogP contribution in [-0.4, -0.2) is 17.6 Å². The quantitative estimate of drug-likeness (QED) is 0.778. The van der Waals surface area contributed by atoms with Crippen molar-refractivity contribution in [3.8, 4) is 0 Å². The molecule has 2 aromatic rings. The third-order valence-corrected chi connectivity index (χ3v) is 3.24. The first-order chi connectivity index (χ1) is 8.58. The maximum atomic E-state index is 13.1. The number of benzene rings is 1. The molecule has 0 saturated carbocycles. The summed E-state index contributed by atoms with van der Waals surface area (Å²) >= 11 is 0. The number of aromatic nitrogens is 1. The van der Waals surface area contributed by atoms with Gasteiger partial charge in [-0.05, 0) is 50.1 Å². The van der Waals surface area contributed by atoms with Crippen LogP contribution < -0.4 is 5.32 Å². The van der Waals surface area contributed by atoms with Crippen LogP contribution in [0.4, 0.5) is 4.39 Å². The number of fused-ring (bicyclic) bond motifs is 1. The molecule has 0 atom stereocenters. The number of hydrogen-bond acceptors (Lipinski definition) is 1. The van der Waals surface area contributed by atoms with Crippen LogP contribution in [0, 0.1) is 12.7 Å². The molecule has 1 aromatic carbocycles. The van der Waals surface area contributed by atoms with Gasteiger partial charge < -0.3 is 10.3 Å². The molecular formula is C15H21FN2. The van der Waals surface area contributed by atoms with Crippen molar-refractivity contribution < 1.29 is 4.39 Å². The summed E-state index contributed by atoms with van der Waals surface area (Å²) < 4.78 is 13.1. The molecule has 98 valence electrons. The van der Waals surface area contributed by atoms with E-state index in [1.54, 1.807) is 6.07 Å². The summed E-state index contributed by atoms with van der Waals surface area (Å²) in [5.74, 6) is -0.184. The zero-order valence-corrected chi connectivity index (χ0v) is 11.3. The minimum Gasteiger partial charge on any atom is -0.358 e. The Hall–Kier alpha value is -1.35. The molecule has 2 nitrogen and oxygen atoms in total. The first kappa shape index (κ1) is 13.1. The van der Waals surface area contributed by atoms with Crippen molar-refractivity contribution in [1.29, 1.82) is 0 Å². The van der Waals surface area contributed by atoms with Crippen molar-refractivity contribution >= 4 is 10.9 Å². The minimum atomic E-state index is -0.184. The Labute approximate surface area is 108 Å². The van der Waals surface area contributed by atoms with Gasteiger partial charge in [0.2, 0.25) is 0 Å². The molecule has 2 rings (SSSR count). The fourth-order valence-electron chi connectivity index (χ4n) is 2.34. The summed E-state index contributed by atoms with van der Waals surface area (Å²) in [5.41, 5.74) is 3.37. The first-order valence-electron chi connectivity index (χ1n) is 6.58. The highest BCUT2D eigenvalue weighted by Gasteiger charge is 2.08. The Balaban J connectivity index is 2.10. The summed E-state index contributed by atoms with van der Waals surface area (Å²) in [6.07, 6.45) is 2.13. The predicted octanol–water partition coefficient (Wildman–Crippen LogP) is 3.55. The molecule has 0 aliphatic rings. The number of nitrogens with one attached hydrogen (secondary N) is 2. The van der Waals surface area contributed by atoms with E-state index in [4.69, 9.17) is 0 Å². The largest absolute Gasteiger partial charge is 0.358 e. The number of halogens is 1. The fraction of sp³-hybridized carbons (Fsp3) is 0.467. The molecule has 3 heteroatoms. The molecule has 0 saturated heterocycles. The lowest BCUT2D eigenvalue weighted by Gasteiger charge is -2.07. The zero-order valence-electron chi connectivity index (χ0n) is 11.3. The van der Waals surface area contributed by atoms with Crippen molar-refractivity contribution in [2.75, 3.05) is 6.54 Å². The molecule has 0 unspecified atom stereocenters. The van der Waals surface area contributed by atoms with E-state index in [0.717, 1.165) is 36.0 Å². The molecule has 0 aliphatic carbocycles. The van der Waals surface area contributed by atoms with Gasteiger partial charge in [-0.3, -0.25) is 0 Å². The maximum Gasteiger partial charge on any atom is 0.125 e. The normalized spacial score (nSPS) is 11.6. The molecule has 0 spiro atoms. The van der Waals surface area contributed by atoms with Crippen LogP contribution in [0.25, 0.3) is 10.9 Å². The van der Waals surface area contributed by atoms with Gasteiger partial charge in [-0.2, -0.15) is 0 Å². The second-order valence-corrected chi connectivity index (χ2v) is 5.13. The summed E-state index contributed by atoms with van der Waals surface area (Å²) in [5, 5.41) is 4.57. The number of rotatable bonds is 5. The summed E-state index contributed by atoms with van der Waals surface area (Å²) in [4.78, 5) is 3.26. The van der Waals surface area contributed by atoms with Crippen LogP contribution in [0.15, 0.2) is 18.2 Å². The highest BCUT2D eigenvalue weighted by molar-refractivity contribution is 5.84. The average molecular weight is 248 g/mol. The van der Waals surface area contributed by atoms with Crippen LogP contribution in [0.3, 0.4) is 0 Å². The Bertz CT molecular complexity index is 529. The van der Waals surface area contributed by atoms with Gasteiger partial charge in [-0.25, -0.2) is 4.39 Å². The summed E-state index contributed by atoms with van der Waals surface area (Å²) in [6.45, 7) is 7.38. The third kappa shape index (κ3) is 2.91. The zero-order chi connectivity index (χ0) is 13.1. The van der Waals surface area contributed by atoms with Gasteiger partial charge in [0.25, 0.3) is 0 Å². The van der Waals surface area contributed by atoms with Gasteiger partial charge in [-0.1, -0.05) is 13.8 Å². The standard InChI is InChI=1S/C15H21FN2/c1-10(2)17-8-4-5-13-11(3)18-15-9-12(16)6-7-14(13)15/h6-7,9-10,17-18H,4-5,8H2,1-3H3. The number of H-pyrrole nitrogens is 1. The first-order valence-corrected chi connectivity index (χ1v) is 6.58. The van der Waals surface area contributed by atoms with Crippen LogP contribution in [0.5, 0.6) is 0 Å². The second-order valence-electron chi connectivity index (χ2n) is 5.13. The van der Waals surface area contributed by atoms with E-state index in [0.29, 0.717) is 6.04 Å². The van der Waals surface area contributed by atoms with Gasteiger partial charge in [0, 0.05) is 22.6 Å². The van der Waals surface area contributed by atoms with Gasteiger partial charge in [-0.15, -0.1) is 0 Å². The van der Waals surface area contributed by atoms with E-state index in [1.807, 2.05) is 6.07 Å². The molecule has 1 heterocycles. The third-order valence-electron chi connectivity index (χ3n) is 3.24. The Morgan fingerprint density at radius 2 is 2.11 bits per heavy atom. The number of hydrogen-bond donors (Lipinski definition) is 2. The van der Waals surface area contributed by atoms with E-state index >= 15 is 0 Å². The SMILES string of the molecule is Cc1[nH]c2cc(F)ccc2c1CCCNC(C)C. The Morgan fingerprint density at radius 3 is 2.83 bits per heavy atom. The van der Waals surface area contributed by atoms with Gasteiger partial charge in [0.05, 0.1) is 0 Å². The molecule has 0 radical (unpaired) electrons. The van der Waals surface area contributed by atoms with Crippen molar-refractivity contribution in [2.24, 2.45) is 0 Å². The Morgan fingerprint density at radius 1 is 1.33 bits per heavy atom. The lowest BCUT2D eigenvalue weighted by Crippen LogP contribution is -2.23. The molecule has 0 aliphatic heterocycles. The fourth-order valence-corrected chi connectivity index (χ4v) is 2.34. The van der Waals surface area contributed by atoms with Gasteiger partial charge in [0.15, 0.2) is 0 Å². The molecular weight excluding hydrogens is 227 g/mol. The average Bonchev–Trinajstić information content (AvgIpc) is 2.59. The summed E-state index contributed by atoms with van der Waals surface area (Å²) in [6, 6.07) is 5.51. The van der Waals surface area contributed by atoms with Crippen molar-refractivity contribution in [2.45, 2.75) is 39.7 Å². The van der Waals surface area contributed by atoms with Crippen molar-refractivity contribution in [3.05, 3.63) is 35.3 Å². The summed E-state index contributed by atoms with van der Waals surface area (Å²) in [7, 11) is 0. The predicted molar refractivity (Wildman–Crippen MR) is 74.5 cm³/mol. The van der Waals surface area contributed by atoms with Crippen LogP contribution >= 0.6 is 0 Å². The topological polar surface area (TPSA) is 27.8 Å². The van der Waals surface area contributed by atoms with E-state index in [2.05, 4.69) is 31.1 Å². The lowest BCUT2D eigenvalue weighted by molar-refractivity contribution is 0.570. The maximum absolute atomic E-state index is 13.1. The molecule has 0 fully saturated rings. The number of aryl methyl sites for hydroxylation is 2. The van der Waals surface area contributed by atoms with E-state index in [-0.39, 0.29) is 5.82 Å². The van der Waals surface area contributed by atoms with Crippen LogP contribution in [-0.2, 0) is 6.42 Å². The molecule has 1 aromatic heterocycles. The monoisotopic (exact) mass is 248 g/mol. The van der Waals surface area contributed by atoms with Gasteiger partial charge in [0.1, 0.15) is 5.82 Å². The van der Waals surface area contributed by atoms with Crippen LogP contribution in [0.1, 0.15) is 31.5 Å². The van der Waals surface area contributed by atoms with E-state index in [9.17, 15) is 4.39 Å². The molecule has 0 amide bonds. The highest BCUT2D eigenvalue weighted by Crippen LogP contribution is 2.23. The van der Waals surface area contributed by atoms with Gasteiger partial charge >= 0.3 is 0 Å². The van der Waals surface area contributed by atoms with Crippen LogP contribution in [0.2, 0.25) is 0 Å². The molecule has 18 heavy (non-hydrogen) atoms. The second kappa shape index (κ2) is 5.53. The lowest BCUT2D eigenvalue weighted by atomic mass is 10.1. The minimum absolute atomic E-state index is 0.184. The van der Waals surface area contributed by atoms with Crippen molar-refractivity contribution in [3.63, 3.8) is 0 Å². The molecule has 0 bridgehead atoms. The highest BCUT2D eigenvalue weighted by atomic mass is 19.1. The Kier molecular flexibility index (Phi) is 4.02. The van der Waals surface area contributed by atoms with E-state index < -0.39 is 0 Å². The molecule has 2 N–H and O–H groups in total. The number of aromatic amines is 1. The smallest absolute Gasteiger partial charge is 0.125 e. The van der Waals surface area contributed by atoms with E-state index in [1.165, 1.54) is 11.6 Å².